The van der Waals surface area contributed by atoms with Crippen LogP contribution in [-0.2, 0) is 4.74 Å². The molecule has 0 saturated heterocycles. The second kappa shape index (κ2) is 7.76. The molecule has 140 valence electrons. The Kier molecular flexibility index (Phi) is 5.42. The molecule has 1 amide bonds. The third-order valence-corrected chi connectivity index (χ3v) is 4.30. The number of amides is 1. The molecule has 5 nitrogen and oxygen atoms in total. The van der Waals surface area contributed by atoms with Crippen LogP contribution in [0.3, 0.4) is 0 Å². The van der Waals surface area contributed by atoms with Gasteiger partial charge in [-0.2, -0.15) is 0 Å². The van der Waals surface area contributed by atoms with Crippen molar-refractivity contribution in [2.45, 2.75) is 19.4 Å². The minimum absolute atomic E-state index is 0.132. The zero-order valence-corrected chi connectivity index (χ0v) is 16.1. The maximum Gasteiger partial charge on any atom is 0.251 e. The van der Waals surface area contributed by atoms with Crippen molar-refractivity contribution in [1.29, 1.82) is 0 Å². The summed E-state index contributed by atoms with van der Waals surface area (Å²) in [6, 6.07) is 17.4. The maximum atomic E-state index is 12.5. The van der Waals surface area contributed by atoms with Gasteiger partial charge in [0.05, 0.1) is 24.8 Å². The van der Waals surface area contributed by atoms with Gasteiger partial charge in [-0.05, 0) is 43.7 Å². The molecule has 0 fully saturated rings. The van der Waals surface area contributed by atoms with Gasteiger partial charge in [-0.15, -0.1) is 0 Å². The molecule has 0 aliphatic carbocycles. The normalized spacial score (nSPS) is 11.4. The van der Waals surface area contributed by atoms with Crippen LogP contribution in [0.25, 0.3) is 22.0 Å². The van der Waals surface area contributed by atoms with E-state index in [2.05, 4.69) is 16.4 Å². The molecule has 1 aromatic heterocycles. The van der Waals surface area contributed by atoms with E-state index < -0.39 is 5.54 Å². The topological polar surface area (TPSA) is 60.5 Å². The van der Waals surface area contributed by atoms with Gasteiger partial charge < -0.3 is 14.8 Å². The second-order valence-corrected chi connectivity index (χ2v) is 7.09. The van der Waals surface area contributed by atoms with Gasteiger partial charge in [0.2, 0.25) is 5.88 Å². The Morgan fingerprint density at radius 3 is 2.44 bits per heavy atom. The summed E-state index contributed by atoms with van der Waals surface area (Å²) < 4.78 is 10.6. The number of aromatic nitrogens is 1. The molecule has 3 rings (SSSR count). The molecule has 0 saturated carbocycles. The Morgan fingerprint density at radius 2 is 1.78 bits per heavy atom. The summed E-state index contributed by atoms with van der Waals surface area (Å²) in [5.74, 6) is 0.430. The summed E-state index contributed by atoms with van der Waals surface area (Å²) in [6.07, 6.45) is 0. The largest absolute Gasteiger partial charge is 0.481 e. The van der Waals surface area contributed by atoms with Gasteiger partial charge in [0, 0.05) is 23.6 Å². The van der Waals surface area contributed by atoms with E-state index in [0.717, 1.165) is 22.0 Å². The number of nitrogens with one attached hydrogen (secondary N) is 1. The van der Waals surface area contributed by atoms with Crippen molar-refractivity contribution in [2.75, 3.05) is 20.8 Å². The number of carbonyl (C=O) groups excluding carboxylic acids is 1. The van der Waals surface area contributed by atoms with Crippen LogP contribution in [0.1, 0.15) is 24.2 Å². The molecular formula is C22H24N2O3. The van der Waals surface area contributed by atoms with Crippen LogP contribution in [0.15, 0.2) is 54.6 Å². The predicted molar refractivity (Wildman–Crippen MR) is 107 cm³/mol. The number of benzene rings is 2. The van der Waals surface area contributed by atoms with E-state index in [4.69, 9.17) is 9.47 Å². The highest BCUT2D eigenvalue weighted by molar-refractivity contribution is 5.95. The van der Waals surface area contributed by atoms with Gasteiger partial charge in [-0.25, -0.2) is 4.98 Å². The van der Waals surface area contributed by atoms with E-state index in [0.29, 0.717) is 18.1 Å². The van der Waals surface area contributed by atoms with Crippen molar-refractivity contribution in [2.24, 2.45) is 0 Å². The minimum Gasteiger partial charge on any atom is -0.481 e. The van der Waals surface area contributed by atoms with Crippen LogP contribution in [0.5, 0.6) is 5.88 Å². The van der Waals surface area contributed by atoms with E-state index in [1.807, 2.05) is 62.4 Å². The van der Waals surface area contributed by atoms with Crippen LogP contribution >= 0.6 is 0 Å². The van der Waals surface area contributed by atoms with Gasteiger partial charge in [-0.1, -0.05) is 30.3 Å². The average molecular weight is 364 g/mol. The lowest BCUT2D eigenvalue weighted by atomic mass is 10.0. The molecule has 1 heterocycles. The molecule has 0 bridgehead atoms. The van der Waals surface area contributed by atoms with Crippen molar-refractivity contribution >= 4 is 16.8 Å². The van der Waals surface area contributed by atoms with Gasteiger partial charge in [0.25, 0.3) is 5.91 Å². The van der Waals surface area contributed by atoms with E-state index in [1.54, 1.807) is 14.2 Å². The first kappa shape index (κ1) is 18.9. The number of hydrogen-bond donors (Lipinski definition) is 1. The number of para-hydroxylation sites is 1. The average Bonchev–Trinajstić information content (AvgIpc) is 2.66. The van der Waals surface area contributed by atoms with Crippen LogP contribution < -0.4 is 10.1 Å². The fraction of sp³-hybridized carbons (Fsp3) is 0.273. The predicted octanol–water partition coefficient (Wildman–Crippen LogP) is 4.07. The van der Waals surface area contributed by atoms with Gasteiger partial charge in [0.1, 0.15) is 0 Å². The summed E-state index contributed by atoms with van der Waals surface area (Å²) in [4.78, 5) is 17.1. The van der Waals surface area contributed by atoms with Crippen LogP contribution in [0.2, 0.25) is 0 Å². The lowest BCUT2D eigenvalue weighted by Crippen LogP contribution is -2.46. The van der Waals surface area contributed by atoms with Gasteiger partial charge in [0.15, 0.2) is 0 Å². The standard InChI is InChI=1S/C22H24N2O3/c1-22(2,14-26-3)24-20(25)16-11-9-15(10-12-16)18-13-17-7-5-6-8-19(17)23-21(18)27-4/h5-13H,14H2,1-4H3,(H,24,25). The Balaban J connectivity index is 1.89. The highest BCUT2D eigenvalue weighted by Crippen LogP contribution is 2.31. The molecule has 0 aliphatic rings. The minimum atomic E-state index is -0.435. The SMILES string of the molecule is COCC(C)(C)NC(=O)c1ccc(-c2cc3ccccc3nc2OC)cc1. The highest BCUT2D eigenvalue weighted by atomic mass is 16.5. The number of methoxy groups -OCH3 is 2. The maximum absolute atomic E-state index is 12.5. The lowest BCUT2D eigenvalue weighted by Gasteiger charge is -2.25. The molecule has 0 aliphatic heterocycles. The summed E-state index contributed by atoms with van der Waals surface area (Å²) in [5.41, 5.74) is 2.88. The second-order valence-electron chi connectivity index (χ2n) is 7.09. The van der Waals surface area contributed by atoms with E-state index in [1.165, 1.54) is 0 Å². The zero-order chi connectivity index (χ0) is 19.4. The Morgan fingerprint density at radius 1 is 1.07 bits per heavy atom. The van der Waals surface area contributed by atoms with Gasteiger partial charge in [-0.3, -0.25) is 4.79 Å². The fourth-order valence-electron chi connectivity index (χ4n) is 3.04. The van der Waals surface area contributed by atoms with Crippen molar-refractivity contribution in [3.05, 3.63) is 60.2 Å². The molecule has 0 atom stereocenters. The lowest BCUT2D eigenvalue weighted by molar-refractivity contribution is 0.0820. The first-order valence-corrected chi connectivity index (χ1v) is 8.79. The van der Waals surface area contributed by atoms with E-state index in [-0.39, 0.29) is 5.91 Å². The van der Waals surface area contributed by atoms with Crippen molar-refractivity contribution in [1.82, 2.24) is 10.3 Å². The molecule has 1 N–H and O–H groups in total. The molecule has 27 heavy (non-hydrogen) atoms. The highest BCUT2D eigenvalue weighted by Gasteiger charge is 2.21. The molecule has 3 aromatic rings. The number of pyridine rings is 1. The molecule has 0 radical (unpaired) electrons. The smallest absolute Gasteiger partial charge is 0.251 e. The molecule has 0 spiro atoms. The van der Waals surface area contributed by atoms with Crippen molar-refractivity contribution < 1.29 is 14.3 Å². The molecule has 0 unspecified atom stereocenters. The quantitative estimate of drug-likeness (QED) is 0.716. The zero-order valence-electron chi connectivity index (χ0n) is 16.1. The molecule has 5 heteroatoms. The van der Waals surface area contributed by atoms with Crippen molar-refractivity contribution in [3.63, 3.8) is 0 Å². The third-order valence-electron chi connectivity index (χ3n) is 4.30. The summed E-state index contributed by atoms with van der Waals surface area (Å²) >= 11 is 0. The van der Waals surface area contributed by atoms with Gasteiger partial charge >= 0.3 is 0 Å². The number of carbonyl (C=O) groups is 1. The Labute approximate surface area is 159 Å². The monoisotopic (exact) mass is 364 g/mol. The molecule has 2 aromatic carbocycles. The number of ether oxygens (including phenoxy) is 2. The Hall–Kier alpha value is -2.92. The summed E-state index contributed by atoms with van der Waals surface area (Å²) in [5, 5.41) is 4.02. The summed E-state index contributed by atoms with van der Waals surface area (Å²) in [7, 11) is 3.23. The van der Waals surface area contributed by atoms with E-state index in [9.17, 15) is 4.79 Å². The summed E-state index contributed by atoms with van der Waals surface area (Å²) in [6.45, 7) is 4.29. The van der Waals surface area contributed by atoms with Crippen molar-refractivity contribution in [3.8, 4) is 17.0 Å². The Bertz CT molecular complexity index is 949. The number of hydrogen-bond acceptors (Lipinski definition) is 4. The van der Waals surface area contributed by atoms with Crippen LogP contribution in [-0.4, -0.2) is 37.3 Å². The first-order valence-electron chi connectivity index (χ1n) is 8.79. The van der Waals surface area contributed by atoms with Crippen LogP contribution in [0.4, 0.5) is 0 Å². The number of rotatable bonds is 6. The molecular weight excluding hydrogens is 340 g/mol. The fourth-order valence-corrected chi connectivity index (χ4v) is 3.04. The third kappa shape index (κ3) is 4.26. The van der Waals surface area contributed by atoms with E-state index >= 15 is 0 Å². The number of nitrogens with zero attached hydrogens (tertiary/aromatic N) is 1. The number of fused-ring (bicyclic) bond motifs is 1. The van der Waals surface area contributed by atoms with Crippen LogP contribution in [0, 0.1) is 0 Å². The first-order chi connectivity index (χ1) is 12.9.